The Morgan fingerprint density at radius 1 is 1.25 bits per heavy atom. The number of nitrogens with zero attached hydrogens (tertiary/aromatic N) is 2. The number of piperidine rings is 1. The monoisotopic (exact) mass is 406 g/mol. The normalized spacial score (nSPS) is 21.7. The van der Waals surface area contributed by atoms with Crippen molar-refractivity contribution >= 4 is 17.6 Å². The first-order valence-electron chi connectivity index (χ1n) is 10.6. The number of aliphatic imine (C=N–C) groups is 1. The number of benzene rings is 1. The number of hydrogen-bond donors (Lipinski definition) is 2. The predicted molar refractivity (Wildman–Crippen MR) is 117 cm³/mol. The van der Waals surface area contributed by atoms with E-state index in [4.69, 9.17) is 16.3 Å². The van der Waals surface area contributed by atoms with Gasteiger partial charge in [-0.1, -0.05) is 29.8 Å². The number of halogens is 1. The molecule has 0 aliphatic carbocycles. The van der Waals surface area contributed by atoms with Gasteiger partial charge in [-0.3, -0.25) is 4.99 Å². The Hall–Kier alpha value is -1.30. The third-order valence-electron chi connectivity index (χ3n) is 6.31. The predicted octanol–water partition coefficient (Wildman–Crippen LogP) is 3.43. The van der Waals surface area contributed by atoms with E-state index in [-0.39, 0.29) is 5.41 Å². The summed E-state index contributed by atoms with van der Waals surface area (Å²) in [6.45, 7) is 9.19. The van der Waals surface area contributed by atoms with Crippen LogP contribution in [-0.2, 0) is 10.2 Å². The highest BCUT2D eigenvalue weighted by Gasteiger charge is 2.36. The fourth-order valence-electron chi connectivity index (χ4n) is 4.40. The van der Waals surface area contributed by atoms with Crippen molar-refractivity contribution in [3.05, 3.63) is 34.9 Å². The van der Waals surface area contributed by atoms with E-state index in [1.165, 1.54) is 5.56 Å². The minimum absolute atomic E-state index is 0.0186. The van der Waals surface area contributed by atoms with E-state index in [0.717, 1.165) is 69.5 Å². The average molecular weight is 407 g/mol. The molecule has 0 saturated carbocycles. The average Bonchev–Trinajstić information content (AvgIpc) is 2.72. The van der Waals surface area contributed by atoms with Crippen LogP contribution in [-0.4, -0.2) is 62.8 Å². The van der Waals surface area contributed by atoms with Crippen LogP contribution in [0.15, 0.2) is 29.3 Å². The smallest absolute Gasteiger partial charge is 0.191 e. The second-order valence-corrected chi connectivity index (χ2v) is 8.75. The Balaban J connectivity index is 1.62. The van der Waals surface area contributed by atoms with E-state index in [9.17, 15) is 0 Å². The molecule has 1 aromatic carbocycles. The van der Waals surface area contributed by atoms with Crippen LogP contribution in [0.1, 0.15) is 45.1 Å². The molecule has 5 nitrogen and oxygen atoms in total. The van der Waals surface area contributed by atoms with Gasteiger partial charge in [0, 0.05) is 62.4 Å². The molecular formula is C22H35ClN4O. The van der Waals surface area contributed by atoms with Crippen molar-refractivity contribution in [3.8, 4) is 0 Å². The molecule has 2 aliphatic heterocycles. The zero-order chi connectivity index (χ0) is 20.0. The molecule has 0 amide bonds. The van der Waals surface area contributed by atoms with E-state index < -0.39 is 0 Å². The summed E-state index contributed by atoms with van der Waals surface area (Å²) in [6, 6.07) is 9.33. The molecule has 6 heteroatoms. The van der Waals surface area contributed by atoms with Gasteiger partial charge in [-0.2, -0.15) is 0 Å². The highest BCUT2D eigenvalue weighted by molar-refractivity contribution is 6.31. The van der Waals surface area contributed by atoms with Gasteiger partial charge >= 0.3 is 0 Å². The number of hydrogen-bond acceptors (Lipinski definition) is 3. The molecular weight excluding hydrogens is 372 g/mol. The van der Waals surface area contributed by atoms with Crippen LogP contribution in [0, 0.1) is 0 Å². The maximum Gasteiger partial charge on any atom is 0.191 e. The van der Waals surface area contributed by atoms with Gasteiger partial charge < -0.3 is 20.3 Å². The van der Waals surface area contributed by atoms with Gasteiger partial charge in [-0.15, -0.1) is 0 Å². The van der Waals surface area contributed by atoms with Crippen LogP contribution < -0.4 is 10.6 Å². The third kappa shape index (κ3) is 5.19. The van der Waals surface area contributed by atoms with Crippen molar-refractivity contribution in [2.24, 2.45) is 4.99 Å². The molecule has 28 heavy (non-hydrogen) atoms. The van der Waals surface area contributed by atoms with Gasteiger partial charge in [0.25, 0.3) is 0 Å². The number of guanidine groups is 1. The van der Waals surface area contributed by atoms with Crippen LogP contribution in [0.25, 0.3) is 0 Å². The standard InChI is InChI=1S/C22H35ClN4O/c1-17(2)27-12-8-18(9-13-27)26-21(24-3)25-16-22(10-14-28-15-11-22)19-6-4-5-7-20(19)23/h4-7,17-18H,8-16H2,1-3H3,(H2,24,25,26). The highest BCUT2D eigenvalue weighted by atomic mass is 35.5. The number of ether oxygens (including phenoxy) is 1. The molecule has 1 aromatic rings. The Bertz CT molecular complexity index is 650. The zero-order valence-electron chi connectivity index (χ0n) is 17.5. The fraction of sp³-hybridized carbons (Fsp3) is 0.682. The summed E-state index contributed by atoms with van der Waals surface area (Å²) in [6.07, 6.45) is 4.24. The summed E-state index contributed by atoms with van der Waals surface area (Å²) in [4.78, 5) is 7.03. The van der Waals surface area contributed by atoms with Crippen LogP contribution in [0.2, 0.25) is 5.02 Å². The van der Waals surface area contributed by atoms with Gasteiger partial charge in [0.1, 0.15) is 0 Å². The van der Waals surface area contributed by atoms with Gasteiger partial charge in [0.15, 0.2) is 5.96 Å². The molecule has 3 rings (SSSR count). The molecule has 0 bridgehead atoms. The quantitative estimate of drug-likeness (QED) is 0.581. The van der Waals surface area contributed by atoms with Crippen LogP contribution in [0.3, 0.4) is 0 Å². The van der Waals surface area contributed by atoms with Gasteiger partial charge in [0.2, 0.25) is 0 Å². The highest BCUT2D eigenvalue weighted by Crippen LogP contribution is 2.38. The van der Waals surface area contributed by atoms with E-state index in [1.807, 2.05) is 19.2 Å². The molecule has 0 atom stereocenters. The second-order valence-electron chi connectivity index (χ2n) is 8.35. The van der Waals surface area contributed by atoms with Gasteiger partial charge in [-0.25, -0.2) is 0 Å². The summed E-state index contributed by atoms with van der Waals surface area (Å²) in [5.41, 5.74) is 1.20. The maximum atomic E-state index is 6.57. The molecule has 2 heterocycles. The summed E-state index contributed by atoms with van der Waals surface area (Å²) in [5.74, 6) is 0.890. The summed E-state index contributed by atoms with van der Waals surface area (Å²) in [5, 5.41) is 8.08. The first-order valence-corrected chi connectivity index (χ1v) is 11.0. The molecule has 0 spiro atoms. The van der Waals surface area contributed by atoms with Gasteiger partial charge in [0.05, 0.1) is 0 Å². The first kappa shape index (κ1) is 21.4. The molecule has 0 unspecified atom stereocenters. The topological polar surface area (TPSA) is 48.9 Å². The van der Waals surface area contributed by atoms with Crippen LogP contribution in [0.4, 0.5) is 0 Å². The minimum atomic E-state index is -0.0186. The lowest BCUT2D eigenvalue weighted by Crippen LogP contribution is -2.52. The molecule has 2 N–H and O–H groups in total. The maximum absolute atomic E-state index is 6.57. The van der Waals surface area contributed by atoms with E-state index in [2.05, 4.69) is 46.5 Å². The van der Waals surface area contributed by atoms with E-state index in [1.54, 1.807) is 0 Å². The summed E-state index contributed by atoms with van der Waals surface area (Å²) >= 11 is 6.57. The largest absolute Gasteiger partial charge is 0.381 e. The second kappa shape index (κ2) is 9.95. The Labute approximate surface area is 174 Å². The SMILES string of the molecule is CN=C(NCC1(c2ccccc2Cl)CCOCC1)NC1CCN(C(C)C)CC1. The van der Waals surface area contributed by atoms with Crippen molar-refractivity contribution in [1.82, 2.24) is 15.5 Å². The minimum Gasteiger partial charge on any atom is -0.381 e. The first-order chi connectivity index (χ1) is 13.5. The Morgan fingerprint density at radius 2 is 1.93 bits per heavy atom. The van der Waals surface area contributed by atoms with E-state index >= 15 is 0 Å². The summed E-state index contributed by atoms with van der Waals surface area (Å²) < 4.78 is 5.65. The fourth-order valence-corrected chi connectivity index (χ4v) is 4.73. The van der Waals surface area contributed by atoms with Crippen molar-refractivity contribution < 1.29 is 4.74 Å². The van der Waals surface area contributed by atoms with Crippen molar-refractivity contribution in [2.75, 3.05) is 39.9 Å². The number of nitrogens with one attached hydrogen (secondary N) is 2. The van der Waals surface area contributed by atoms with Gasteiger partial charge in [-0.05, 0) is 51.2 Å². The Kier molecular flexibility index (Phi) is 7.61. The van der Waals surface area contributed by atoms with Crippen LogP contribution >= 0.6 is 11.6 Å². The molecule has 0 aromatic heterocycles. The molecule has 2 saturated heterocycles. The zero-order valence-corrected chi connectivity index (χ0v) is 18.3. The third-order valence-corrected chi connectivity index (χ3v) is 6.64. The lowest BCUT2D eigenvalue weighted by atomic mass is 9.74. The molecule has 2 aliphatic rings. The summed E-state index contributed by atoms with van der Waals surface area (Å²) in [7, 11) is 1.85. The van der Waals surface area contributed by atoms with Crippen molar-refractivity contribution in [1.29, 1.82) is 0 Å². The molecule has 156 valence electrons. The van der Waals surface area contributed by atoms with Crippen molar-refractivity contribution in [3.63, 3.8) is 0 Å². The number of likely N-dealkylation sites (tertiary alicyclic amines) is 1. The van der Waals surface area contributed by atoms with Crippen molar-refractivity contribution in [2.45, 2.75) is 57.0 Å². The lowest BCUT2D eigenvalue weighted by Gasteiger charge is -2.39. The lowest BCUT2D eigenvalue weighted by molar-refractivity contribution is 0.0514. The number of rotatable bonds is 5. The van der Waals surface area contributed by atoms with Crippen LogP contribution in [0.5, 0.6) is 0 Å². The molecule has 0 radical (unpaired) electrons. The van der Waals surface area contributed by atoms with E-state index in [0.29, 0.717) is 12.1 Å². The molecule has 2 fully saturated rings. The Morgan fingerprint density at radius 3 is 2.54 bits per heavy atom.